The molecule has 1 heterocycles. The first-order chi connectivity index (χ1) is 7.19. The summed E-state index contributed by atoms with van der Waals surface area (Å²) in [6.45, 7) is 11.1. The minimum absolute atomic E-state index is 0.503. The molecule has 0 aromatic carbocycles. The third-order valence-corrected chi connectivity index (χ3v) is 3.53. The zero-order chi connectivity index (χ0) is 11.3. The van der Waals surface area contributed by atoms with Gasteiger partial charge >= 0.3 is 0 Å². The van der Waals surface area contributed by atoms with Crippen LogP contribution in [0.2, 0.25) is 0 Å². The minimum atomic E-state index is 0.503. The second-order valence-electron chi connectivity index (χ2n) is 5.01. The monoisotopic (exact) mass is 213 g/mol. The van der Waals surface area contributed by atoms with Gasteiger partial charge in [0.25, 0.3) is 0 Å². The van der Waals surface area contributed by atoms with E-state index < -0.39 is 0 Å². The maximum absolute atomic E-state index is 5.74. The maximum atomic E-state index is 5.74. The lowest BCUT2D eigenvalue weighted by Crippen LogP contribution is -2.44. The van der Waals surface area contributed by atoms with Gasteiger partial charge in [0, 0.05) is 12.6 Å². The van der Waals surface area contributed by atoms with Crippen molar-refractivity contribution in [1.82, 2.24) is 5.32 Å². The molecule has 3 unspecified atom stereocenters. The summed E-state index contributed by atoms with van der Waals surface area (Å²) >= 11 is 0. The summed E-state index contributed by atoms with van der Waals surface area (Å²) in [5.74, 6) is 1.54. The Hall–Kier alpha value is -0.0800. The molecule has 1 rings (SSSR count). The Labute approximate surface area is 94.8 Å². The molecule has 0 aromatic heterocycles. The van der Waals surface area contributed by atoms with Crippen LogP contribution in [0.1, 0.15) is 47.0 Å². The van der Waals surface area contributed by atoms with E-state index >= 15 is 0 Å². The van der Waals surface area contributed by atoms with Crippen LogP contribution in [-0.4, -0.2) is 25.3 Å². The van der Waals surface area contributed by atoms with Crippen molar-refractivity contribution in [2.75, 3.05) is 13.2 Å². The number of nitrogens with one attached hydrogen (secondary N) is 1. The van der Waals surface area contributed by atoms with Gasteiger partial charge in [-0.1, -0.05) is 27.7 Å². The molecule has 0 amide bonds. The van der Waals surface area contributed by atoms with Crippen LogP contribution in [0.25, 0.3) is 0 Å². The Balaban J connectivity index is 2.50. The summed E-state index contributed by atoms with van der Waals surface area (Å²) in [5, 5.41) is 3.64. The van der Waals surface area contributed by atoms with Gasteiger partial charge < -0.3 is 10.1 Å². The highest BCUT2D eigenvalue weighted by Gasteiger charge is 2.29. The Morgan fingerprint density at radius 2 is 2.07 bits per heavy atom. The molecule has 0 aromatic rings. The van der Waals surface area contributed by atoms with Crippen LogP contribution in [0.3, 0.4) is 0 Å². The van der Waals surface area contributed by atoms with E-state index in [-0.39, 0.29) is 0 Å². The van der Waals surface area contributed by atoms with Crippen molar-refractivity contribution < 1.29 is 4.74 Å². The molecule has 0 saturated carbocycles. The summed E-state index contributed by atoms with van der Waals surface area (Å²) in [6, 6.07) is 0.674. The zero-order valence-electron chi connectivity index (χ0n) is 10.8. The van der Waals surface area contributed by atoms with Crippen molar-refractivity contribution in [3.05, 3.63) is 0 Å². The van der Waals surface area contributed by atoms with E-state index in [2.05, 4.69) is 33.0 Å². The van der Waals surface area contributed by atoms with Gasteiger partial charge in [-0.3, -0.25) is 0 Å². The van der Waals surface area contributed by atoms with Crippen LogP contribution in [0.5, 0.6) is 0 Å². The minimum Gasteiger partial charge on any atom is -0.378 e. The lowest BCUT2D eigenvalue weighted by atomic mass is 9.82. The molecule has 0 bridgehead atoms. The van der Waals surface area contributed by atoms with Crippen molar-refractivity contribution in [2.24, 2.45) is 11.8 Å². The molecule has 0 aliphatic carbocycles. The van der Waals surface area contributed by atoms with E-state index in [9.17, 15) is 0 Å². The van der Waals surface area contributed by atoms with Crippen LogP contribution in [-0.2, 0) is 4.74 Å². The van der Waals surface area contributed by atoms with Gasteiger partial charge in [0.2, 0.25) is 0 Å². The van der Waals surface area contributed by atoms with Crippen molar-refractivity contribution >= 4 is 0 Å². The van der Waals surface area contributed by atoms with Gasteiger partial charge in [-0.2, -0.15) is 0 Å². The zero-order valence-corrected chi connectivity index (χ0v) is 10.8. The van der Waals surface area contributed by atoms with E-state index in [0.29, 0.717) is 12.1 Å². The summed E-state index contributed by atoms with van der Waals surface area (Å²) in [4.78, 5) is 0. The quantitative estimate of drug-likeness (QED) is 0.758. The third kappa shape index (κ3) is 3.76. The smallest absolute Gasteiger partial charge is 0.0575 e. The Bertz CT molecular complexity index is 170. The molecule has 0 spiro atoms. The van der Waals surface area contributed by atoms with Crippen molar-refractivity contribution in [3.63, 3.8) is 0 Å². The topological polar surface area (TPSA) is 21.3 Å². The number of ether oxygens (including phenoxy) is 1. The highest BCUT2D eigenvalue weighted by molar-refractivity contribution is 4.83. The van der Waals surface area contributed by atoms with E-state index in [1.54, 1.807) is 0 Å². The van der Waals surface area contributed by atoms with E-state index in [4.69, 9.17) is 4.74 Å². The largest absolute Gasteiger partial charge is 0.378 e. The fourth-order valence-electron chi connectivity index (χ4n) is 2.70. The first kappa shape index (κ1) is 13.0. The third-order valence-electron chi connectivity index (χ3n) is 3.53. The van der Waals surface area contributed by atoms with Gasteiger partial charge in [-0.05, 0) is 37.6 Å². The molecule has 1 aliphatic rings. The van der Waals surface area contributed by atoms with Crippen LogP contribution >= 0.6 is 0 Å². The first-order valence-corrected chi connectivity index (χ1v) is 6.54. The molecule has 90 valence electrons. The van der Waals surface area contributed by atoms with E-state index in [0.717, 1.165) is 31.4 Å². The second kappa shape index (κ2) is 6.49. The lowest BCUT2D eigenvalue weighted by Gasteiger charge is -2.36. The molecular formula is C13H27NO. The highest BCUT2D eigenvalue weighted by Crippen LogP contribution is 2.28. The number of hydrogen-bond acceptors (Lipinski definition) is 2. The SMILES string of the molecule is CCNC(C(C)C)C1CCOC(CC)C1. The molecule has 2 heteroatoms. The average Bonchev–Trinajstić information content (AvgIpc) is 2.25. The van der Waals surface area contributed by atoms with E-state index in [1.807, 2.05) is 0 Å². The van der Waals surface area contributed by atoms with Crippen molar-refractivity contribution in [2.45, 2.75) is 59.1 Å². The lowest BCUT2D eigenvalue weighted by molar-refractivity contribution is -0.0223. The Kier molecular flexibility index (Phi) is 5.62. The average molecular weight is 213 g/mol. The summed E-state index contributed by atoms with van der Waals surface area (Å²) in [5.41, 5.74) is 0. The van der Waals surface area contributed by atoms with Gasteiger partial charge in [0.1, 0.15) is 0 Å². The predicted molar refractivity (Wildman–Crippen MR) is 65.1 cm³/mol. The van der Waals surface area contributed by atoms with Gasteiger partial charge in [0.15, 0.2) is 0 Å². The first-order valence-electron chi connectivity index (χ1n) is 6.54. The van der Waals surface area contributed by atoms with Crippen molar-refractivity contribution in [3.8, 4) is 0 Å². The van der Waals surface area contributed by atoms with Crippen molar-refractivity contribution in [1.29, 1.82) is 0 Å². The highest BCUT2D eigenvalue weighted by atomic mass is 16.5. The number of rotatable bonds is 5. The van der Waals surface area contributed by atoms with Crippen LogP contribution < -0.4 is 5.32 Å². The molecule has 15 heavy (non-hydrogen) atoms. The Morgan fingerprint density at radius 3 is 2.60 bits per heavy atom. The normalized spacial score (nSPS) is 29.4. The van der Waals surface area contributed by atoms with E-state index in [1.165, 1.54) is 12.8 Å². The summed E-state index contributed by atoms with van der Waals surface area (Å²) in [7, 11) is 0. The fourth-order valence-corrected chi connectivity index (χ4v) is 2.70. The maximum Gasteiger partial charge on any atom is 0.0575 e. The predicted octanol–water partition coefficient (Wildman–Crippen LogP) is 2.83. The fraction of sp³-hybridized carbons (Fsp3) is 1.00. The van der Waals surface area contributed by atoms with Gasteiger partial charge in [-0.15, -0.1) is 0 Å². The standard InChI is InChI=1S/C13H27NO/c1-5-12-9-11(7-8-15-12)13(10(3)4)14-6-2/h10-14H,5-9H2,1-4H3. The molecule has 2 nitrogen and oxygen atoms in total. The molecule has 3 atom stereocenters. The second-order valence-corrected chi connectivity index (χ2v) is 5.01. The summed E-state index contributed by atoms with van der Waals surface area (Å²) < 4.78 is 5.74. The van der Waals surface area contributed by atoms with Crippen LogP contribution in [0, 0.1) is 11.8 Å². The molecule has 1 saturated heterocycles. The molecular weight excluding hydrogens is 186 g/mol. The summed E-state index contributed by atoms with van der Waals surface area (Å²) in [6.07, 6.45) is 4.13. The van der Waals surface area contributed by atoms with Crippen LogP contribution in [0.4, 0.5) is 0 Å². The van der Waals surface area contributed by atoms with Gasteiger partial charge in [0.05, 0.1) is 6.10 Å². The van der Waals surface area contributed by atoms with Crippen LogP contribution in [0.15, 0.2) is 0 Å². The molecule has 1 aliphatic heterocycles. The number of hydrogen-bond donors (Lipinski definition) is 1. The van der Waals surface area contributed by atoms with Gasteiger partial charge in [-0.25, -0.2) is 0 Å². The molecule has 1 N–H and O–H groups in total. The molecule has 0 radical (unpaired) electrons. The Morgan fingerprint density at radius 1 is 1.33 bits per heavy atom. The molecule has 1 fully saturated rings.